The third-order valence-electron chi connectivity index (χ3n) is 5.29. The normalized spacial score (nSPS) is 24.7. The van der Waals surface area contributed by atoms with E-state index in [1.54, 1.807) is 0 Å². The molecule has 3 rings (SSSR count). The van der Waals surface area contributed by atoms with Crippen LogP contribution in [-0.2, 0) is 11.3 Å². The largest absolute Gasteiger partial charge is 0.371 e. The second kappa shape index (κ2) is 7.35. The predicted octanol–water partition coefficient (Wildman–Crippen LogP) is 2.76. The van der Waals surface area contributed by atoms with Crippen LogP contribution in [0.4, 0.5) is 5.69 Å². The maximum atomic E-state index is 12.7. The van der Waals surface area contributed by atoms with Crippen molar-refractivity contribution in [2.75, 3.05) is 25.0 Å². The lowest BCUT2D eigenvalue weighted by atomic mass is 9.85. The number of hydrogen-bond acceptors (Lipinski definition) is 3. The summed E-state index contributed by atoms with van der Waals surface area (Å²) in [5, 5.41) is 0. The number of hydrogen-bond donors (Lipinski definition) is 1. The number of nitrogens with zero attached hydrogens (tertiary/aromatic N) is 2. The van der Waals surface area contributed by atoms with E-state index in [9.17, 15) is 4.79 Å². The van der Waals surface area contributed by atoms with Crippen LogP contribution in [0.2, 0.25) is 0 Å². The number of amides is 1. The lowest BCUT2D eigenvalue weighted by Gasteiger charge is -2.30. The van der Waals surface area contributed by atoms with Gasteiger partial charge in [-0.25, -0.2) is 0 Å². The molecule has 23 heavy (non-hydrogen) atoms. The van der Waals surface area contributed by atoms with Gasteiger partial charge in [0.25, 0.3) is 0 Å². The first-order valence-corrected chi connectivity index (χ1v) is 8.98. The highest BCUT2D eigenvalue weighted by Crippen LogP contribution is 2.28. The quantitative estimate of drug-likeness (QED) is 0.929. The van der Waals surface area contributed by atoms with Crippen molar-refractivity contribution in [3.05, 3.63) is 29.8 Å². The van der Waals surface area contributed by atoms with E-state index in [2.05, 4.69) is 29.2 Å². The number of carbonyl (C=O) groups is 1. The summed E-state index contributed by atoms with van der Waals surface area (Å²) >= 11 is 0. The average molecular weight is 315 g/mol. The van der Waals surface area contributed by atoms with Crippen LogP contribution < -0.4 is 10.6 Å². The summed E-state index contributed by atoms with van der Waals surface area (Å²) in [4.78, 5) is 17.1. The van der Waals surface area contributed by atoms with E-state index in [0.29, 0.717) is 6.54 Å². The van der Waals surface area contributed by atoms with Gasteiger partial charge in [-0.2, -0.15) is 0 Å². The summed E-state index contributed by atoms with van der Waals surface area (Å²) in [6.45, 7) is 2.95. The van der Waals surface area contributed by atoms with Gasteiger partial charge in [0.1, 0.15) is 0 Å². The first-order chi connectivity index (χ1) is 11.1. The van der Waals surface area contributed by atoms with Gasteiger partial charge in [0.15, 0.2) is 0 Å². The van der Waals surface area contributed by atoms with E-state index in [1.165, 1.54) is 24.1 Å². The molecular formula is C19H29N3O. The molecular weight excluding hydrogens is 286 g/mol. The van der Waals surface area contributed by atoms with Gasteiger partial charge in [-0.1, -0.05) is 24.6 Å². The van der Waals surface area contributed by atoms with Crippen molar-refractivity contribution >= 4 is 11.6 Å². The highest BCUT2D eigenvalue weighted by molar-refractivity contribution is 5.79. The Labute approximate surface area is 139 Å². The summed E-state index contributed by atoms with van der Waals surface area (Å²) < 4.78 is 0. The Morgan fingerprint density at radius 2 is 1.96 bits per heavy atom. The molecule has 1 heterocycles. The monoisotopic (exact) mass is 315 g/mol. The van der Waals surface area contributed by atoms with Gasteiger partial charge in [0.2, 0.25) is 5.91 Å². The molecule has 4 heteroatoms. The molecule has 1 amide bonds. The van der Waals surface area contributed by atoms with Crippen molar-refractivity contribution in [1.82, 2.24) is 4.90 Å². The second-order valence-corrected chi connectivity index (χ2v) is 7.14. The third-order valence-corrected chi connectivity index (χ3v) is 5.29. The first kappa shape index (κ1) is 16.3. The maximum absolute atomic E-state index is 12.7. The van der Waals surface area contributed by atoms with Crippen molar-refractivity contribution in [3.8, 4) is 0 Å². The zero-order valence-corrected chi connectivity index (χ0v) is 14.2. The highest BCUT2D eigenvalue weighted by Gasteiger charge is 2.28. The van der Waals surface area contributed by atoms with Crippen molar-refractivity contribution in [3.63, 3.8) is 0 Å². The molecule has 2 atom stereocenters. The van der Waals surface area contributed by atoms with Crippen molar-refractivity contribution in [2.45, 2.75) is 51.1 Å². The predicted molar refractivity (Wildman–Crippen MR) is 94.3 cm³/mol. The lowest BCUT2D eigenvalue weighted by molar-refractivity contribution is -0.135. The molecule has 0 spiro atoms. The minimum atomic E-state index is 0.114. The SMILES string of the molecule is CN(Cc1ccccc1N1CCCC1)C(=O)[C@H]1CCC[C@H](N)C1. The Morgan fingerprint density at radius 3 is 2.70 bits per heavy atom. The molecule has 1 aliphatic heterocycles. The Balaban J connectivity index is 1.67. The van der Waals surface area contributed by atoms with E-state index in [0.717, 1.165) is 38.8 Å². The van der Waals surface area contributed by atoms with Crippen LogP contribution in [-0.4, -0.2) is 37.0 Å². The van der Waals surface area contributed by atoms with Crippen LogP contribution in [0, 0.1) is 5.92 Å². The Kier molecular flexibility index (Phi) is 5.21. The highest BCUT2D eigenvalue weighted by atomic mass is 16.2. The molecule has 1 saturated heterocycles. The molecule has 2 aliphatic rings. The van der Waals surface area contributed by atoms with E-state index >= 15 is 0 Å². The van der Waals surface area contributed by atoms with Crippen LogP contribution in [0.15, 0.2) is 24.3 Å². The van der Waals surface area contributed by atoms with Crippen LogP contribution in [0.5, 0.6) is 0 Å². The molecule has 1 aliphatic carbocycles. The number of carbonyl (C=O) groups excluding carboxylic acids is 1. The smallest absolute Gasteiger partial charge is 0.225 e. The van der Waals surface area contributed by atoms with E-state index < -0.39 is 0 Å². The average Bonchev–Trinajstić information content (AvgIpc) is 3.09. The molecule has 1 saturated carbocycles. The number of rotatable bonds is 4. The Bertz CT molecular complexity index is 539. The summed E-state index contributed by atoms with van der Waals surface area (Å²) in [5.74, 6) is 0.374. The minimum Gasteiger partial charge on any atom is -0.371 e. The van der Waals surface area contributed by atoms with Crippen molar-refractivity contribution in [2.24, 2.45) is 11.7 Å². The number of nitrogens with two attached hydrogens (primary N) is 1. The van der Waals surface area contributed by atoms with Gasteiger partial charge in [-0.05, 0) is 43.7 Å². The first-order valence-electron chi connectivity index (χ1n) is 8.98. The zero-order chi connectivity index (χ0) is 16.2. The number of para-hydroxylation sites is 1. The standard InChI is InChI=1S/C19H29N3O/c1-21(19(23)15-8-6-9-17(20)13-15)14-16-7-2-3-10-18(16)22-11-4-5-12-22/h2-3,7,10,15,17H,4-6,8-9,11-14,20H2,1H3/t15-,17-/m0/s1. The zero-order valence-electron chi connectivity index (χ0n) is 14.2. The molecule has 0 radical (unpaired) electrons. The van der Waals surface area contributed by atoms with Gasteiger partial charge in [-0.15, -0.1) is 0 Å². The molecule has 2 N–H and O–H groups in total. The summed E-state index contributed by atoms with van der Waals surface area (Å²) in [6, 6.07) is 8.71. The fraction of sp³-hybridized carbons (Fsp3) is 0.632. The maximum Gasteiger partial charge on any atom is 0.225 e. The van der Waals surface area contributed by atoms with Gasteiger partial charge in [-0.3, -0.25) is 4.79 Å². The summed E-state index contributed by atoms with van der Waals surface area (Å²) in [6.07, 6.45) is 6.51. The Morgan fingerprint density at radius 1 is 1.22 bits per heavy atom. The van der Waals surface area contributed by atoms with Crippen molar-refractivity contribution in [1.29, 1.82) is 0 Å². The Hall–Kier alpha value is -1.55. The van der Waals surface area contributed by atoms with Crippen LogP contribution in [0.3, 0.4) is 0 Å². The molecule has 1 aromatic rings. The molecule has 4 nitrogen and oxygen atoms in total. The third kappa shape index (κ3) is 3.86. The van der Waals surface area contributed by atoms with Gasteiger partial charge in [0.05, 0.1) is 0 Å². The fourth-order valence-electron chi connectivity index (χ4n) is 4.01. The molecule has 0 bridgehead atoms. The molecule has 0 unspecified atom stereocenters. The van der Waals surface area contributed by atoms with Crippen LogP contribution >= 0.6 is 0 Å². The second-order valence-electron chi connectivity index (χ2n) is 7.14. The topological polar surface area (TPSA) is 49.6 Å². The lowest BCUT2D eigenvalue weighted by Crippen LogP contribution is -2.38. The minimum absolute atomic E-state index is 0.114. The van der Waals surface area contributed by atoms with E-state index in [-0.39, 0.29) is 17.9 Å². The van der Waals surface area contributed by atoms with E-state index in [4.69, 9.17) is 5.73 Å². The van der Waals surface area contributed by atoms with Gasteiger partial charge in [0, 0.05) is 44.3 Å². The molecule has 1 aromatic carbocycles. The fourth-order valence-corrected chi connectivity index (χ4v) is 4.01. The van der Waals surface area contributed by atoms with Crippen LogP contribution in [0.1, 0.15) is 44.1 Å². The number of benzene rings is 1. The van der Waals surface area contributed by atoms with Gasteiger partial charge < -0.3 is 15.5 Å². The molecule has 2 fully saturated rings. The van der Waals surface area contributed by atoms with Gasteiger partial charge >= 0.3 is 0 Å². The molecule has 126 valence electrons. The van der Waals surface area contributed by atoms with Crippen LogP contribution in [0.25, 0.3) is 0 Å². The number of anilines is 1. The summed E-state index contributed by atoms with van der Waals surface area (Å²) in [7, 11) is 1.93. The van der Waals surface area contributed by atoms with Crippen molar-refractivity contribution < 1.29 is 4.79 Å². The summed E-state index contributed by atoms with van der Waals surface area (Å²) in [5.41, 5.74) is 8.60. The van der Waals surface area contributed by atoms with E-state index in [1.807, 2.05) is 11.9 Å². The molecule has 0 aromatic heterocycles.